The zero-order chi connectivity index (χ0) is 11.2. The Balaban J connectivity index is 2.63. The summed E-state index contributed by atoms with van der Waals surface area (Å²) < 4.78 is 5.62. The van der Waals surface area contributed by atoms with Crippen LogP contribution in [0.5, 0.6) is 0 Å². The molecule has 1 aromatic heterocycles. The Kier molecular flexibility index (Phi) is 2.23. The molecule has 3 heteroatoms. The third-order valence-corrected chi connectivity index (χ3v) is 2.95. The molecule has 0 aromatic carbocycles. The van der Waals surface area contributed by atoms with Gasteiger partial charge in [-0.25, -0.2) is 4.98 Å². The van der Waals surface area contributed by atoms with Crippen LogP contribution in [-0.4, -0.2) is 4.98 Å². The van der Waals surface area contributed by atoms with E-state index in [9.17, 15) is 0 Å². The topological polar surface area (TPSA) is 48.1 Å². The van der Waals surface area contributed by atoms with Crippen LogP contribution >= 0.6 is 0 Å². The fraction of sp³-hybridized carbons (Fsp3) is 0.583. The Hall–Kier alpha value is -1.09. The first-order valence-corrected chi connectivity index (χ1v) is 5.30. The molecule has 1 aliphatic heterocycles. The van der Waals surface area contributed by atoms with Crippen molar-refractivity contribution in [3.63, 3.8) is 0 Å². The number of anilines is 1. The van der Waals surface area contributed by atoms with Crippen LogP contribution in [0.2, 0.25) is 0 Å². The molecule has 0 radical (unpaired) electrons. The predicted octanol–water partition coefficient (Wildman–Crippen LogP) is 2.55. The molecule has 1 aliphatic rings. The molecule has 1 unspecified atom stereocenters. The van der Waals surface area contributed by atoms with Gasteiger partial charge >= 0.3 is 0 Å². The molecule has 82 valence electrons. The van der Waals surface area contributed by atoms with E-state index in [1.807, 2.05) is 13.1 Å². The molecule has 1 aromatic rings. The van der Waals surface area contributed by atoms with E-state index in [2.05, 4.69) is 25.8 Å². The Morgan fingerprint density at radius 1 is 1.47 bits per heavy atom. The van der Waals surface area contributed by atoms with E-state index in [0.717, 1.165) is 5.56 Å². The molecule has 0 saturated carbocycles. The highest BCUT2D eigenvalue weighted by molar-refractivity contribution is 5.52. The van der Waals surface area contributed by atoms with E-state index >= 15 is 0 Å². The highest BCUT2D eigenvalue weighted by Crippen LogP contribution is 2.39. The number of ether oxygens (including phenoxy) is 1. The number of nitrogens with zero attached hydrogens (tertiary/aromatic N) is 1. The van der Waals surface area contributed by atoms with Gasteiger partial charge in [0, 0.05) is 11.8 Å². The van der Waals surface area contributed by atoms with Crippen molar-refractivity contribution in [2.75, 3.05) is 5.73 Å². The third kappa shape index (κ3) is 1.61. The molecule has 0 fully saturated rings. The second kappa shape index (κ2) is 3.20. The molecule has 1 atom stereocenters. The van der Waals surface area contributed by atoms with E-state index < -0.39 is 0 Å². The predicted molar refractivity (Wildman–Crippen MR) is 60.6 cm³/mol. The van der Waals surface area contributed by atoms with Crippen LogP contribution in [0.1, 0.15) is 50.5 Å². The van der Waals surface area contributed by atoms with Crippen LogP contribution in [-0.2, 0) is 16.8 Å². The van der Waals surface area contributed by atoms with Crippen LogP contribution < -0.4 is 5.73 Å². The summed E-state index contributed by atoms with van der Waals surface area (Å²) in [5.74, 6) is 0.614. The quantitative estimate of drug-likeness (QED) is 0.709. The first kappa shape index (κ1) is 10.4. The summed E-state index contributed by atoms with van der Waals surface area (Å²) in [5, 5.41) is 0. The van der Waals surface area contributed by atoms with Gasteiger partial charge in [-0.3, -0.25) is 0 Å². The first-order valence-electron chi connectivity index (χ1n) is 5.30. The van der Waals surface area contributed by atoms with Gasteiger partial charge in [-0.2, -0.15) is 0 Å². The lowest BCUT2D eigenvalue weighted by atomic mass is 9.83. The lowest BCUT2D eigenvalue weighted by Crippen LogP contribution is -2.16. The second-order valence-electron chi connectivity index (χ2n) is 5.15. The molecular formula is C12H18N2O. The minimum absolute atomic E-state index is 0.0785. The number of hydrogen-bond donors (Lipinski definition) is 1. The molecule has 15 heavy (non-hydrogen) atoms. The van der Waals surface area contributed by atoms with E-state index in [1.54, 1.807) is 0 Å². The number of fused-ring (bicyclic) bond motifs is 1. The van der Waals surface area contributed by atoms with Crippen molar-refractivity contribution in [1.29, 1.82) is 0 Å². The number of hydrogen-bond acceptors (Lipinski definition) is 3. The summed E-state index contributed by atoms with van der Waals surface area (Å²) in [6, 6.07) is 0. The Labute approximate surface area is 90.7 Å². The number of aromatic nitrogens is 1. The Bertz CT molecular complexity index is 393. The van der Waals surface area contributed by atoms with Gasteiger partial charge in [0.25, 0.3) is 0 Å². The van der Waals surface area contributed by atoms with Gasteiger partial charge in [-0.15, -0.1) is 0 Å². The molecule has 0 spiro atoms. The molecule has 2 rings (SSSR count). The fourth-order valence-corrected chi connectivity index (χ4v) is 2.13. The Morgan fingerprint density at radius 2 is 2.13 bits per heavy atom. The molecule has 0 aliphatic carbocycles. The lowest BCUT2D eigenvalue weighted by Gasteiger charge is -2.22. The summed E-state index contributed by atoms with van der Waals surface area (Å²) in [4.78, 5) is 4.27. The highest BCUT2D eigenvalue weighted by Gasteiger charge is 2.29. The highest BCUT2D eigenvalue weighted by atomic mass is 16.5. The molecule has 0 bridgehead atoms. The standard InChI is InChI=1S/C12H18N2O/c1-7-10-8(6-15-7)9(12(2,3)4)5-14-11(10)13/h5,7H,6H2,1-4H3,(H2,13,14). The van der Waals surface area contributed by atoms with Crippen LogP contribution in [0.4, 0.5) is 5.82 Å². The summed E-state index contributed by atoms with van der Waals surface area (Å²) in [7, 11) is 0. The first-order chi connectivity index (χ1) is 6.91. The molecule has 0 saturated heterocycles. The summed E-state index contributed by atoms with van der Waals surface area (Å²) in [6.07, 6.45) is 1.96. The minimum Gasteiger partial charge on any atom is -0.383 e. The van der Waals surface area contributed by atoms with Crippen LogP contribution in [0.3, 0.4) is 0 Å². The van der Waals surface area contributed by atoms with Crippen LogP contribution in [0.15, 0.2) is 6.20 Å². The average Bonchev–Trinajstić information content (AvgIpc) is 2.47. The van der Waals surface area contributed by atoms with E-state index in [0.29, 0.717) is 12.4 Å². The second-order valence-corrected chi connectivity index (χ2v) is 5.15. The van der Waals surface area contributed by atoms with Crippen molar-refractivity contribution in [3.8, 4) is 0 Å². The Morgan fingerprint density at radius 3 is 2.73 bits per heavy atom. The van der Waals surface area contributed by atoms with Crippen molar-refractivity contribution in [1.82, 2.24) is 4.98 Å². The summed E-state index contributed by atoms with van der Waals surface area (Å²) in [6.45, 7) is 9.24. The van der Waals surface area contributed by atoms with E-state index in [1.165, 1.54) is 11.1 Å². The lowest BCUT2D eigenvalue weighted by molar-refractivity contribution is 0.0794. The summed E-state index contributed by atoms with van der Waals surface area (Å²) in [5.41, 5.74) is 9.55. The number of nitrogen functional groups attached to an aromatic ring is 1. The number of rotatable bonds is 0. The fourth-order valence-electron chi connectivity index (χ4n) is 2.13. The van der Waals surface area contributed by atoms with E-state index in [4.69, 9.17) is 10.5 Å². The van der Waals surface area contributed by atoms with E-state index in [-0.39, 0.29) is 11.5 Å². The maximum atomic E-state index is 5.88. The van der Waals surface area contributed by atoms with Crippen molar-refractivity contribution in [2.45, 2.75) is 45.8 Å². The largest absolute Gasteiger partial charge is 0.383 e. The molecular weight excluding hydrogens is 188 g/mol. The summed E-state index contributed by atoms with van der Waals surface area (Å²) >= 11 is 0. The maximum Gasteiger partial charge on any atom is 0.129 e. The smallest absolute Gasteiger partial charge is 0.129 e. The molecule has 3 nitrogen and oxygen atoms in total. The van der Waals surface area contributed by atoms with Gasteiger partial charge in [-0.1, -0.05) is 20.8 Å². The van der Waals surface area contributed by atoms with Gasteiger partial charge in [-0.05, 0) is 23.5 Å². The van der Waals surface area contributed by atoms with Gasteiger partial charge < -0.3 is 10.5 Å². The van der Waals surface area contributed by atoms with Gasteiger partial charge in [0.1, 0.15) is 5.82 Å². The van der Waals surface area contributed by atoms with Crippen molar-refractivity contribution in [2.24, 2.45) is 0 Å². The minimum atomic E-state index is 0.0785. The zero-order valence-corrected chi connectivity index (χ0v) is 9.79. The van der Waals surface area contributed by atoms with Crippen molar-refractivity contribution in [3.05, 3.63) is 22.9 Å². The zero-order valence-electron chi connectivity index (χ0n) is 9.79. The SMILES string of the molecule is CC1OCc2c(C(C)(C)C)cnc(N)c21. The monoisotopic (exact) mass is 206 g/mol. The molecule has 2 N–H and O–H groups in total. The van der Waals surface area contributed by atoms with Gasteiger partial charge in [0.2, 0.25) is 0 Å². The molecule has 2 heterocycles. The molecule has 0 amide bonds. The van der Waals surface area contributed by atoms with Crippen LogP contribution in [0.25, 0.3) is 0 Å². The normalized spacial score (nSPS) is 20.4. The number of nitrogens with two attached hydrogens (primary N) is 1. The van der Waals surface area contributed by atoms with Crippen molar-refractivity contribution >= 4 is 5.82 Å². The van der Waals surface area contributed by atoms with Crippen LogP contribution in [0, 0.1) is 0 Å². The third-order valence-electron chi connectivity index (χ3n) is 2.95. The van der Waals surface area contributed by atoms with Gasteiger partial charge in [0.15, 0.2) is 0 Å². The maximum absolute atomic E-state index is 5.88. The van der Waals surface area contributed by atoms with Crippen molar-refractivity contribution < 1.29 is 4.74 Å². The average molecular weight is 206 g/mol. The number of pyridine rings is 1. The van der Waals surface area contributed by atoms with Gasteiger partial charge in [0.05, 0.1) is 12.7 Å².